The van der Waals surface area contributed by atoms with Crippen molar-refractivity contribution < 1.29 is 0 Å². The summed E-state index contributed by atoms with van der Waals surface area (Å²) in [4.78, 5) is 11.8. The van der Waals surface area contributed by atoms with Crippen LogP contribution >= 0.6 is 11.3 Å². The fourth-order valence-corrected chi connectivity index (χ4v) is 9.49. The Labute approximate surface area is 283 Å². The van der Waals surface area contributed by atoms with Gasteiger partial charge in [-0.1, -0.05) is 109 Å². The Morgan fingerprint density at radius 1 is 0.449 bits per heavy atom. The van der Waals surface area contributed by atoms with Gasteiger partial charge in [0.2, 0.25) is 0 Å². The predicted molar refractivity (Wildman–Crippen MR) is 207 cm³/mol. The highest BCUT2D eigenvalue weighted by Crippen LogP contribution is 2.47. The molecular weight excluding hydrogens is 617 g/mol. The third-order valence-electron chi connectivity index (χ3n) is 10.4. The van der Waals surface area contributed by atoms with Crippen LogP contribution in [0.3, 0.4) is 0 Å². The molecule has 5 heterocycles. The molecule has 5 heteroatoms. The van der Waals surface area contributed by atoms with Crippen molar-refractivity contribution >= 4 is 102 Å². The van der Waals surface area contributed by atoms with Crippen molar-refractivity contribution in [2.45, 2.75) is 0 Å². The van der Waals surface area contributed by atoms with Gasteiger partial charge in [0.25, 0.3) is 0 Å². The maximum atomic E-state index is 5.54. The van der Waals surface area contributed by atoms with Crippen molar-refractivity contribution in [3.05, 3.63) is 146 Å². The molecule has 7 aromatic carbocycles. The van der Waals surface area contributed by atoms with Crippen LogP contribution in [0.4, 0.5) is 0 Å². The summed E-state index contributed by atoms with van der Waals surface area (Å²) in [7, 11) is 0. The quantitative estimate of drug-likeness (QED) is 0.188. The lowest BCUT2D eigenvalue weighted by Gasteiger charge is -2.12. The van der Waals surface area contributed by atoms with Gasteiger partial charge in [0.05, 0.1) is 33.0 Å². The molecule has 5 aromatic heterocycles. The minimum absolute atomic E-state index is 0.735. The molecule has 0 N–H and O–H groups in total. The molecule has 0 atom stereocenters. The molecule has 12 aromatic rings. The Bertz CT molecular complexity index is 3340. The number of thiophene rings is 1. The number of hydrogen-bond donors (Lipinski definition) is 0. The van der Waals surface area contributed by atoms with E-state index in [2.05, 4.69) is 155 Å². The minimum Gasteiger partial charge on any atom is -0.308 e. The van der Waals surface area contributed by atoms with Crippen LogP contribution in [0.15, 0.2) is 146 Å². The molecule has 4 nitrogen and oxygen atoms in total. The molecule has 0 spiro atoms. The van der Waals surface area contributed by atoms with Crippen molar-refractivity contribution in [3.63, 3.8) is 0 Å². The summed E-state index contributed by atoms with van der Waals surface area (Å²) in [5, 5.41) is 12.2. The van der Waals surface area contributed by atoms with Gasteiger partial charge in [-0.25, -0.2) is 9.97 Å². The van der Waals surface area contributed by atoms with E-state index in [4.69, 9.17) is 9.97 Å². The zero-order valence-electron chi connectivity index (χ0n) is 26.1. The molecule has 0 fully saturated rings. The van der Waals surface area contributed by atoms with Gasteiger partial charge in [-0.05, 0) is 47.2 Å². The van der Waals surface area contributed by atoms with Gasteiger partial charge in [-0.15, -0.1) is 11.3 Å². The molecule has 0 aliphatic rings. The highest BCUT2D eigenvalue weighted by molar-refractivity contribution is 7.25. The van der Waals surface area contributed by atoms with Crippen LogP contribution < -0.4 is 0 Å². The Kier molecular flexibility index (Phi) is 4.83. The van der Waals surface area contributed by atoms with E-state index in [-0.39, 0.29) is 0 Å². The smallest absolute Gasteiger partial charge is 0.163 e. The normalized spacial score (nSPS) is 12.5. The van der Waals surface area contributed by atoms with Crippen molar-refractivity contribution in [2.75, 3.05) is 0 Å². The molecule has 12 rings (SSSR count). The van der Waals surface area contributed by atoms with Crippen molar-refractivity contribution in [1.82, 2.24) is 18.9 Å². The van der Waals surface area contributed by atoms with E-state index < -0.39 is 0 Å². The highest BCUT2D eigenvalue weighted by atomic mass is 32.1. The van der Waals surface area contributed by atoms with Gasteiger partial charge in [0, 0.05) is 48.0 Å². The molecule has 0 amide bonds. The number of aromatic nitrogens is 4. The minimum atomic E-state index is 0.735. The molecular formula is C44H24N4S. The van der Waals surface area contributed by atoms with E-state index >= 15 is 0 Å². The summed E-state index contributed by atoms with van der Waals surface area (Å²) >= 11 is 1.74. The summed E-state index contributed by atoms with van der Waals surface area (Å²) < 4.78 is 6.09. The Morgan fingerprint density at radius 3 is 1.94 bits per heavy atom. The monoisotopic (exact) mass is 640 g/mol. The van der Waals surface area contributed by atoms with Gasteiger partial charge < -0.3 is 4.40 Å². The zero-order chi connectivity index (χ0) is 31.8. The molecule has 0 unspecified atom stereocenters. The second-order valence-corrected chi connectivity index (χ2v) is 14.0. The van der Waals surface area contributed by atoms with Gasteiger partial charge in [0.1, 0.15) is 4.83 Å². The third-order valence-corrected chi connectivity index (χ3v) is 11.5. The van der Waals surface area contributed by atoms with Crippen LogP contribution in [0.2, 0.25) is 0 Å². The fraction of sp³-hybridized carbons (Fsp3) is 0. The second kappa shape index (κ2) is 9.19. The number of nitrogens with zero attached hydrogens (tertiary/aromatic N) is 4. The summed E-state index contributed by atoms with van der Waals surface area (Å²) in [6.45, 7) is 0. The van der Waals surface area contributed by atoms with Crippen LogP contribution in [0.25, 0.3) is 108 Å². The molecule has 0 saturated carbocycles. The largest absolute Gasteiger partial charge is 0.308 e. The molecule has 226 valence electrons. The first-order chi connectivity index (χ1) is 24.3. The first kappa shape index (κ1) is 25.7. The number of benzene rings is 7. The summed E-state index contributed by atoms with van der Waals surface area (Å²) in [5.41, 5.74) is 7.06. The summed E-state index contributed by atoms with van der Waals surface area (Å²) in [5.74, 6) is 1.65. The van der Waals surface area contributed by atoms with E-state index in [0.717, 1.165) is 38.5 Å². The van der Waals surface area contributed by atoms with E-state index in [0.29, 0.717) is 0 Å². The number of para-hydroxylation sites is 3. The third kappa shape index (κ3) is 3.27. The Balaban J connectivity index is 1.31. The lowest BCUT2D eigenvalue weighted by molar-refractivity contribution is 1.08. The fourth-order valence-electron chi connectivity index (χ4n) is 8.42. The van der Waals surface area contributed by atoms with E-state index in [1.807, 2.05) is 0 Å². The number of fused-ring (bicyclic) bond motifs is 14. The summed E-state index contributed by atoms with van der Waals surface area (Å²) in [6.07, 6.45) is 0. The molecule has 0 aliphatic carbocycles. The standard InChI is InChI=1S/C44H24N4S/c1-2-12-26-23-27(22-21-25(26)11-1)42-45-43(40-31-16-6-10-20-37(31)49-44(40)46-42)48-35-19-9-4-14-29(35)38-36(48)24-32-28-13-3-7-17-33(28)47-34-18-8-5-15-30(34)39(38)41(32)47/h1-24H. The SMILES string of the molecule is c1ccc2cc(-c3nc(-n4c5ccccc5c5c6c7ccccc7n7c8ccccc8c(cc54)c67)c4c(n3)sc3ccccc34)ccc2c1. The predicted octanol–water partition coefficient (Wildman–Crippen LogP) is 11.9. The van der Waals surface area contributed by atoms with Gasteiger partial charge in [-0.3, -0.25) is 4.57 Å². The first-order valence-electron chi connectivity index (χ1n) is 16.6. The molecule has 0 bridgehead atoms. The lowest BCUT2D eigenvalue weighted by atomic mass is 10.0. The maximum Gasteiger partial charge on any atom is 0.163 e. The van der Waals surface area contributed by atoms with Crippen LogP contribution in [-0.2, 0) is 0 Å². The van der Waals surface area contributed by atoms with Gasteiger partial charge in [-0.2, -0.15) is 0 Å². The second-order valence-electron chi connectivity index (χ2n) is 13.0. The van der Waals surface area contributed by atoms with Crippen LogP contribution in [0, 0.1) is 0 Å². The lowest BCUT2D eigenvalue weighted by Crippen LogP contribution is -2.02. The van der Waals surface area contributed by atoms with Crippen LogP contribution in [-0.4, -0.2) is 18.9 Å². The molecule has 49 heavy (non-hydrogen) atoms. The van der Waals surface area contributed by atoms with Crippen molar-refractivity contribution in [1.29, 1.82) is 0 Å². The highest BCUT2D eigenvalue weighted by Gasteiger charge is 2.26. The van der Waals surface area contributed by atoms with E-state index in [1.165, 1.54) is 69.7 Å². The molecule has 0 radical (unpaired) electrons. The Hall–Kier alpha value is -6.30. The molecule has 0 aliphatic heterocycles. The van der Waals surface area contributed by atoms with Crippen molar-refractivity contribution in [2.24, 2.45) is 0 Å². The number of rotatable bonds is 2. The van der Waals surface area contributed by atoms with E-state index in [9.17, 15) is 0 Å². The topological polar surface area (TPSA) is 35.1 Å². The summed E-state index contributed by atoms with van der Waals surface area (Å²) in [6, 6.07) is 52.6. The maximum absolute atomic E-state index is 5.54. The van der Waals surface area contributed by atoms with Crippen LogP contribution in [0.5, 0.6) is 0 Å². The number of hydrogen-bond acceptors (Lipinski definition) is 3. The van der Waals surface area contributed by atoms with Gasteiger partial charge >= 0.3 is 0 Å². The molecule has 0 saturated heterocycles. The Morgan fingerprint density at radius 2 is 1.10 bits per heavy atom. The van der Waals surface area contributed by atoms with E-state index in [1.54, 1.807) is 11.3 Å². The first-order valence-corrected chi connectivity index (χ1v) is 17.4. The average molecular weight is 641 g/mol. The van der Waals surface area contributed by atoms with Crippen molar-refractivity contribution in [3.8, 4) is 17.2 Å². The average Bonchev–Trinajstić information content (AvgIpc) is 3.89. The van der Waals surface area contributed by atoms with Gasteiger partial charge in [0.15, 0.2) is 11.6 Å². The van der Waals surface area contributed by atoms with Crippen LogP contribution in [0.1, 0.15) is 0 Å². The zero-order valence-corrected chi connectivity index (χ0v) is 26.9.